The summed E-state index contributed by atoms with van der Waals surface area (Å²) in [5.74, 6) is 2.31. The molecule has 108 valence electrons. The zero-order valence-corrected chi connectivity index (χ0v) is 12.5. The summed E-state index contributed by atoms with van der Waals surface area (Å²) in [7, 11) is 5.50. The van der Waals surface area contributed by atoms with Crippen LogP contribution in [0, 0.1) is 5.92 Å². The predicted octanol–water partition coefficient (Wildman–Crippen LogP) is 1.77. The molecule has 0 heterocycles. The number of hydrogen-bond donors (Lipinski definition) is 1. The number of nitrogens with zero attached hydrogens (tertiary/aromatic N) is 1. The van der Waals surface area contributed by atoms with E-state index in [-0.39, 0.29) is 0 Å². The molecule has 1 rings (SSSR count). The Kier molecular flexibility index (Phi) is 6.67. The minimum absolute atomic E-state index is 0.525. The first-order valence-corrected chi connectivity index (χ1v) is 6.70. The molecule has 1 aromatic carbocycles. The molecule has 0 spiro atoms. The van der Waals surface area contributed by atoms with Crippen LogP contribution in [-0.4, -0.2) is 45.8 Å². The van der Waals surface area contributed by atoms with Crippen LogP contribution in [0.3, 0.4) is 0 Å². The van der Waals surface area contributed by atoms with E-state index in [0.29, 0.717) is 5.92 Å². The lowest BCUT2D eigenvalue weighted by Gasteiger charge is -2.21. The van der Waals surface area contributed by atoms with Gasteiger partial charge in [0.25, 0.3) is 0 Å². The van der Waals surface area contributed by atoms with E-state index in [4.69, 9.17) is 15.2 Å². The van der Waals surface area contributed by atoms with Crippen LogP contribution in [0.25, 0.3) is 0 Å². The van der Waals surface area contributed by atoms with Crippen molar-refractivity contribution in [3.63, 3.8) is 0 Å². The summed E-state index contributed by atoms with van der Waals surface area (Å²) in [5.41, 5.74) is 6.82. The molecule has 0 aliphatic heterocycles. The van der Waals surface area contributed by atoms with Crippen molar-refractivity contribution in [3.05, 3.63) is 23.8 Å². The van der Waals surface area contributed by atoms with Crippen molar-refractivity contribution in [3.8, 4) is 11.5 Å². The van der Waals surface area contributed by atoms with Crippen molar-refractivity contribution >= 4 is 0 Å². The first kappa shape index (κ1) is 15.8. The van der Waals surface area contributed by atoms with Crippen LogP contribution >= 0.6 is 0 Å². The summed E-state index contributed by atoms with van der Waals surface area (Å²) < 4.78 is 10.6. The topological polar surface area (TPSA) is 47.7 Å². The van der Waals surface area contributed by atoms with Gasteiger partial charge in [-0.2, -0.15) is 0 Å². The highest BCUT2D eigenvalue weighted by atomic mass is 16.5. The number of nitrogens with two attached hydrogens (primary N) is 1. The highest BCUT2D eigenvalue weighted by Crippen LogP contribution is 2.24. The van der Waals surface area contributed by atoms with Gasteiger partial charge in [0.15, 0.2) is 0 Å². The lowest BCUT2D eigenvalue weighted by atomic mass is 10.1. The van der Waals surface area contributed by atoms with E-state index in [0.717, 1.165) is 37.6 Å². The highest BCUT2D eigenvalue weighted by molar-refractivity contribution is 5.40. The molecular formula is C15H26N2O2. The van der Waals surface area contributed by atoms with Crippen molar-refractivity contribution in [2.45, 2.75) is 13.3 Å². The molecule has 1 atom stereocenters. The van der Waals surface area contributed by atoms with Crippen molar-refractivity contribution in [2.24, 2.45) is 11.7 Å². The third-order valence-corrected chi connectivity index (χ3v) is 3.28. The van der Waals surface area contributed by atoms with Gasteiger partial charge in [-0.15, -0.1) is 0 Å². The summed E-state index contributed by atoms with van der Waals surface area (Å²) in [6.07, 6.45) is 0.939. The predicted molar refractivity (Wildman–Crippen MR) is 79.0 cm³/mol. The van der Waals surface area contributed by atoms with Crippen LogP contribution in [0.2, 0.25) is 0 Å². The van der Waals surface area contributed by atoms with Crippen LogP contribution in [-0.2, 0) is 6.42 Å². The molecular weight excluding hydrogens is 240 g/mol. The number of likely N-dealkylation sites (N-methyl/N-ethyl adjacent to an activating group) is 1. The Morgan fingerprint density at radius 2 is 2.00 bits per heavy atom. The molecule has 1 unspecified atom stereocenters. The Labute approximate surface area is 116 Å². The minimum atomic E-state index is 0.525. The summed E-state index contributed by atoms with van der Waals surface area (Å²) in [6, 6.07) is 5.91. The number of ether oxygens (including phenoxy) is 2. The number of benzene rings is 1. The molecule has 0 bridgehead atoms. The van der Waals surface area contributed by atoms with Gasteiger partial charge in [0, 0.05) is 13.1 Å². The van der Waals surface area contributed by atoms with Gasteiger partial charge in [0.05, 0.1) is 14.2 Å². The lowest BCUT2D eigenvalue weighted by molar-refractivity contribution is 0.290. The first-order chi connectivity index (χ1) is 9.10. The quantitative estimate of drug-likeness (QED) is 0.779. The number of hydrogen-bond acceptors (Lipinski definition) is 4. The normalized spacial score (nSPS) is 12.5. The maximum atomic E-state index is 5.65. The smallest absolute Gasteiger partial charge is 0.122 e. The van der Waals surface area contributed by atoms with Crippen LogP contribution in [0.15, 0.2) is 18.2 Å². The lowest BCUT2D eigenvalue weighted by Crippen LogP contribution is -2.30. The zero-order chi connectivity index (χ0) is 14.3. The molecule has 0 radical (unpaired) electrons. The molecule has 0 aliphatic carbocycles. The Hall–Kier alpha value is -1.26. The molecule has 0 aromatic heterocycles. The second-order valence-corrected chi connectivity index (χ2v) is 5.03. The van der Waals surface area contributed by atoms with Gasteiger partial charge >= 0.3 is 0 Å². The van der Waals surface area contributed by atoms with Crippen LogP contribution in [0.4, 0.5) is 0 Å². The third-order valence-electron chi connectivity index (χ3n) is 3.28. The van der Waals surface area contributed by atoms with Crippen molar-refractivity contribution in [1.82, 2.24) is 4.90 Å². The van der Waals surface area contributed by atoms with Crippen LogP contribution in [0.1, 0.15) is 12.5 Å². The molecule has 0 saturated carbocycles. The van der Waals surface area contributed by atoms with Gasteiger partial charge < -0.3 is 20.1 Å². The minimum Gasteiger partial charge on any atom is -0.497 e. The molecule has 4 heteroatoms. The first-order valence-electron chi connectivity index (χ1n) is 6.70. The van der Waals surface area contributed by atoms with Crippen LogP contribution < -0.4 is 15.2 Å². The summed E-state index contributed by atoms with van der Waals surface area (Å²) >= 11 is 0. The van der Waals surface area contributed by atoms with Crippen molar-refractivity contribution < 1.29 is 9.47 Å². The molecule has 0 fully saturated rings. The molecule has 2 N–H and O–H groups in total. The van der Waals surface area contributed by atoms with E-state index < -0.39 is 0 Å². The Morgan fingerprint density at radius 1 is 1.26 bits per heavy atom. The van der Waals surface area contributed by atoms with Gasteiger partial charge in [-0.05, 0) is 49.7 Å². The number of methoxy groups -OCH3 is 2. The Bertz CT molecular complexity index is 382. The van der Waals surface area contributed by atoms with E-state index in [9.17, 15) is 0 Å². The fourth-order valence-corrected chi connectivity index (χ4v) is 2.09. The fourth-order valence-electron chi connectivity index (χ4n) is 2.09. The standard InChI is InChI=1S/C15H26N2O2/c1-12(10-16)11-17(2)8-7-13-9-14(18-3)5-6-15(13)19-4/h5-6,9,12H,7-8,10-11,16H2,1-4H3. The van der Waals surface area contributed by atoms with Gasteiger partial charge in [-0.1, -0.05) is 6.92 Å². The summed E-state index contributed by atoms with van der Waals surface area (Å²) in [4.78, 5) is 2.30. The SMILES string of the molecule is COc1ccc(OC)c(CCN(C)CC(C)CN)c1. The average Bonchev–Trinajstić information content (AvgIpc) is 2.44. The molecule has 4 nitrogen and oxygen atoms in total. The Balaban J connectivity index is 2.60. The van der Waals surface area contributed by atoms with Crippen molar-refractivity contribution in [1.29, 1.82) is 0 Å². The number of rotatable bonds is 8. The third kappa shape index (κ3) is 5.09. The molecule has 0 aliphatic rings. The van der Waals surface area contributed by atoms with Crippen molar-refractivity contribution in [2.75, 3.05) is 40.9 Å². The monoisotopic (exact) mass is 266 g/mol. The maximum absolute atomic E-state index is 5.65. The molecule has 1 aromatic rings. The maximum Gasteiger partial charge on any atom is 0.122 e. The second kappa shape index (κ2) is 8.02. The average molecular weight is 266 g/mol. The summed E-state index contributed by atoms with van der Waals surface area (Å²) in [6.45, 7) is 4.89. The van der Waals surface area contributed by atoms with Gasteiger partial charge in [-0.25, -0.2) is 0 Å². The largest absolute Gasteiger partial charge is 0.497 e. The highest BCUT2D eigenvalue weighted by Gasteiger charge is 2.08. The van der Waals surface area contributed by atoms with E-state index in [1.165, 1.54) is 5.56 Å². The molecule has 0 amide bonds. The van der Waals surface area contributed by atoms with E-state index >= 15 is 0 Å². The van der Waals surface area contributed by atoms with E-state index in [1.54, 1.807) is 14.2 Å². The fraction of sp³-hybridized carbons (Fsp3) is 0.600. The van der Waals surface area contributed by atoms with Gasteiger partial charge in [0.2, 0.25) is 0 Å². The van der Waals surface area contributed by atoms with Gasteiger partial charge in [0.1, 0.15) is 11.5 Å². The molecule has 19 heavy (non-hydrogen) atoms. The van der Waals surface area contributed by atoms with E-state index in [1.807, 2.05) is 18.2 Å². The second-order valence-electron chi connectivity index (χ2n) is 5.03. The van der Waals surface area contributed by atoms with E-state index in [2.05, 4.69) is 18.9 Å². The van der Waals surface area contributed by atoms with Crippen LogP contribution in [0.5, 0.6) is 11.5 Å². The Morgan fingerprint density at radius 3 is 2.58 bits per heavy atom. The summed E-state index contributed by atoms with van der Waals surface area (Å²) in [5, 5.41) is 0. The zero-order valence-electron chi connectivity index (χ0n) is 12.5. The molecule has 0 saturated heterocycles. The van der Waals surface area contributed by atoms with Gasteiger partial charge in [-0.3, -0.25) is 0 Å².